The number of aromatic nitrogens is 2. The summed E-state index contributed by atoms with van der Waals surface area (Å²) >= 11 is 0. The third-order valence-electron chi connectivity index (χ3n) is 3.09. The van der Waals surface area contributed by atoms with Gasteiger partial charge in [0.25, 0.3) is 0 Å². The maximum absolute atomic E-state index is 12.0. The Morgan fingerprint density at radius 2 is 2.28 bits per heavy atom. The average Bonchev–Trinajstić information content (AvgIpc) is 2.82. The number of H-pyrrole nitrogens is 1. The first-order valence-electron chi connectivity index (χ1n) is 5.86. The molecule has 4 N–H and O–H groups in total. The lowest BCUT2D eigenvalue weighted by Crippen LogP contribution is -2.48. The molecular formula is C11H19ClN4O2. The summed E-state index contributed by atoms with van der Waals surface area (Å²) in [4.78, 5) is 20.6. The molecule has 1 atom stereocenters. The van der Waals surface area contributed by atoms with Crippen LogP contribution in [0.2, 0.25) is 0 Å². The lowest BCUT2D eigenvalue weighted by atomic mass is 10.1. The van der Waals surface area contributed by atoms with Crippen LogP contribution in [-0.2, 0) is 11.2 Å². The van der Waals surface area contributed by atoms with Crippen LogP contribution < -0.4 is 5.73 Å². The molecule has 0 aromatic carbocycles. The van der Waals surface area contributed by atoms with Gasteiger partial charge in [0.05, 0.1) is 18.5 Å². The number of aliphatic hydroxyl groups excluding tert-OH is 1. The second-order valence-electron chi connectivity index (χ2n) is 4.44. The summed E-state index contributed by atoms with van der Waals surface area (Å²) in [5, 5.41) is 9.37. The summed E-state index contributed by atoms with van der Waals surface area (Å²) in [5.74, 6) is -0.0495. The number of nitrogens with one attached hydrogen (secondary N) is 1. The quantitative estimate of drug-likeness (QED) is 0.704. The van der Waals surface area contributed by atoms with Crippen molar-refractivity contribution in [2.24, 2.45) is 5.73 Å². The van der Waals surface area contributed by atoms with Crippen molar-refractivity contribution in [3.05, 3.63) is 18.2 Å². The van der Waals surface area contributed by atoms with Gasteiger partial charge in [-0.1, -0.05) is 0 Å². The molecule has 1 aliphatic heterocycles. The number of imidazole rings is 1. The minimum Gasteiger partial charge on any atom is -0.393 e. The van der Waals surface area contributed by atoms with Gasteiger partial charge in [-0.25, -0.2) is 4.98 Å². The Bertz CT molecular complexity index is 363. The molecule has 0 unspecified atom stereocenters. The van der Waals surface area contributed by atoms with E-state index in [1.165, 1.54) is 0 Å². The molecule has 0 radical (unpaired) electrons. The highest BCUT2D eigenvalue weighted by Crippen LogP contribution is 2.11. The van der Waals surface area contributed by atoms with Crippen molar-refractivity contribution in [2.45, 2.75) is 31.4 Å². The van der Waals surface area contributed by atoms with Gasteiger partial charge >= 0.3 is 0 Å². The first-order valence-corrected chi connectivity index (χ1v) is 5.86. The van der Waals surface area contributed by atoms with Crippen molar-refractivity contribution in [3.63, 3.8) is 0 Å². The Balaban J connectivity index is 0.00000162. The Hall–Kier alpha value is -1.11. The van der Waals surface area contributed by atoms with Gasteiger partial charge in [-0.3, -0.25) is 4.79 Å². The summed E-state index contributed by atoms with van der Waals surface area (Å²) in [6.07, 6.45) is 4.72. The topological polar surface area (TPSA) is 95.2 Å². The molecule has 1 amide bonds. The molecule has 1 aliphatic rings. The van der Waals surface area contributed by atoms with E-state index >= 15 is 0 Å². The number of aromatic amines is 1. The van der Waals surface area contributed by atoms with Crippen LogP contribution in [0.5, 0.6) is 0 Å². The molecule has 2 rings (SSSR count). The average molecular weight is 275 g/mol. The number of halogens is 1. The molecule has 0 aliphatic carbocycles. The summed E-state index contributed by atoms with van der Waals surface area (Å²) < 4.78 is 0. The number of nitrogens with two attached hydrogens (primary N) is 1. The molecule has 1 saturated heterocycles. The van der Waals surface area contributed by atoms with Crippen LogP contribution in [-0.4, -0.2) is 51.1 Å². The number of hydrogen-bond acceptors (Lipinski definition) is 4. The maximum atomic E-state index is 12.0. The third-order valence-corrected chi connectivity index (χ3v) is 3.09. The lowest BCUT2D eigenvalue weighted by molar-refractivity contribution is -0.134. The van der Waals surface area contributed by atoms with Crippen molar-refractivity contribution in [2.75, 3.05) is 13.1 Å². The number of carbonyl (C=O) groups excluding carboxylic acids is 1. The van der Waals surface area contributed by atoms with E-state index in [4.69, 9.17) is 5.73 Å². The Morgan fingerprint density at radius 1 is 1.61 bits per heavy atom. The van der Waals surface area contributed by atoms with Crippen molar-refractivity contribution in [3.8, 4) is 0 Å². The smallest absolute Gasteiger partial charge is 0.239 e. The van der Waals surface area contributed by atoms with Gasteiger partial charge in [0, 0.05) is 31.4 Å². The number of carbonyl (C=O) groups is 1. The second kappa shape index (κ2) is 6.72. The zero-order valence-corrected chi connectivity index (χ0v) is 10.9. The van der Waals surface area contributed by atoms with Gasteiger partial charge < -0.3 is 20.7 Å². The van der Waals surface area contributed by atoms with Crippen molar-refractivity contribution < 1.29 is 9.90 Å². The van der Waals surface area contributed by atoms with Gasteiger partial charge in [-0.05, 0) is 12.8 Å². The molecule has 1 aromatic rings. The number of hydrogen-bond donors (Lipinski definition) is 3. The van der Waals surface area contributed by atoms with Crippen LogP contribution in [0.25, 0.3) is 0 Å². The van der Waals surface area contributed by atoms with Gasteiger partial charge in [-0.15, -0.1) is 12.4 Å². The zero-order chi connectivity index (χ0) is 12.3. The largest absolute Gasteiger partial charge is 0.393 e. The fourth-order valence-corrected chi connectivity index (χ4v) is 2.04. The lowest BCUT2D eigenvalue weighted by Gasteiger charge is -2.31. The molecule has 0 saturated carbocycles. The number of piperidine rings is 1. The normalized spacial score (nSPS) is 18.2. The Labute approximate surface area is 112 Å². The van der Waals surface area contributed by atoms with Gasteiger partial charge in [0.2, 0.25) is 5.91 Å². The molecule has 102 valence electrons. The van der Waals surface area contributed by atoms with E-state index in [0.29, 0.717) is 32.4 Å². The van der Waals surface area contributed by atoms with Crippen LogP contribution in [0.1, 0.15) is 18.5 Å². The maximum Gasteiger partial charge on any atom is 0.239 e. The summed E-state index contributed by atoms with van der Waals surface area (Å²) in [5.41, 5.74) is 6.74. The van der Waals surface area contributed by atoms with Crippen molar-refractivity contribution in [1.29, 1.82) is 0 Å². The van der Waals surface area contributed by atoms with E-state index in [2.05, 4.69) is 9.97 Å². The molecule has 0 spiro atoms. The molecule has 2 heterocycles. The van der Waals surface area contributed by atoms with E-state index in [-0.39, 0.29) is 24.4 Å². The van der Waals surface area contributed by atoms with Gasteiger partial charge in [0.1, 0.15) is 0 Å². The van der Waals surface area contributed by atoms with Gasteiger partial charge in [0.15, 0.2) is 0 Å². The Morgan fingerprint density at radius 3 is 2.83 bits per heavy atom. The SMILES string of the molecule is Cl.N[C@@H](Cc1cnc[nH]1)C(=O)N1CCC(O)CC1. The molecule has 0 bridgehead atoms. The van der Waals surface area contributed by atoms with Gasteiger partial charge in [-0.2, -0.15) is 0 Å². The fraction of sp³-hybridized carbons (Fsp3) is 0.636. The minimum atomic E-state index is -0.536. The highest BCUT2D eigenvalue weighted by molar-refractivity contribution is 5.85. The predicted molar refractivity (Wildman–Crippen MR) is 69.3 cm³/mol. The number of nitrogens with zero attached hydrogens (tertiary/aromatic N) is 2. The third kappa shape index (κ3) is 3.69. The van der Waals surface area contributed by atoms with E-state index in [0.717, 1.165) is 5.69 Å². The van der Waals surface area contributed by atoms with Crippen LogP contribution in [0.4, 0.5) is 0 Å². The van der Waals surface area contributed by atoms with E-state index in [1.807, 2.05) is 0 Å². The van der Waals surface area contributed by atoms with Crippen LogP contribution in [0.15, 0.2) is 12.5 Å². The standard InChI is InChI=1S/C11H18N4O2.ClH/c12-10(5-8-6-13-7-14-8)11(17)15-3-1-9(16)2-4-15;/h6-7,9-10,16H,1-5,12H2,(H,13,14);1H/t10-;/m0./s1. The monoisotopic (exact) mass is 274 g/mol. The second-order valence-corrected chi connectivity index (χ2v) is 4.44. The summed E-state index contributed by atoms with van der Waals surface area (Å²) in [6, 6.07) is -0.536. The molecule has 1 fully saturated rings. The van der Waals surface area contributed by atoms with Crippen molar-refractivity contribution >= 4 is 18.3 Å². The highest BCUT2D eigenvalue weighted by Gasteiger charge is 2.25. The summed E-state index contributed by atoms with van der Waals surface area (Å²) in [7, 11) is 0. The fourth-order valence-electron chi connectivity index (χ4n) is 2.04. The Kier molecular flexibility index (Phi) is 5.58. The summed E-state index contributed by atoms with van der Waals surface area (Å²) in [6.45, 7) is 1.19. The van der Waals surface area contributed by atoms with E-state index in [1.54, 1.807) is 17.4 Å². The van der Waals surface area contributed by atoms with E-state index < -0.39 is 6.04 Å². The molecule has 1 aromatic heterocycles. The zero-order valence-electron chi connectivity index (χ0n) is 10.1. The molecule has 18 heavy (non-hydrogen) atoms. The van der Waals surface area contributed by atoms with Crippen molar-refractivity contribution in [1.82, 2.24) is 14.9 Å². The van der Waals surface area contributed by atoms with Crippen LogP contribution >= 0.6 is 12.4 Å². The first-order chi connectivity index (χ1) is 8.16. The number of likely N-dealkylation sites (tertiary alicyclic amines) is 1. The molecule has 7 heteroatoms. The van der Waals surface area contributed by atoms with Crippen LogP contribution in [0.3, 0.4) is 0 Å². The minimum absolute atomic E-state index is 0. The highest BCUT2D eigenvalue weighted by atomic mass is 35.5. The van der Waals surface area contributed by atoms with Crippen LogP contribution in [0, 0.1) is 0 Å². The van der Waals surface area contributed by atoms with E-state index in [9.17, 15) is 9.90 Å². The predicted octanol–water partition coefficient (Wildman–Crippen LogP) is -0.315. The molecular weight excluding hydrogens is 256 g/mol. The molecule has 6 nitrogen and oxygen atoms in total. The first kappa shape index (κ1) is 14.9. The number of amides is 1. The number of rotatable bonds is 3. The number of aliphatic hydroxyl groups is 1.